The van der Waals surface area contributed by atoms with Gasteiger partial charge in [0.15, 0.2) is 0 Å². The highest BCUT2D eigenvalue weighted by atomic mass is 16.5. The third kappa shape index (κ3) is 2.68. The van der Waals surface area contributed by atoms with Crippen molar-refractivity contribution in [2.75, 3.05) is 7.11 Å². The number of fused-ring (bicyclic) bond motifs is 1. The van der Waals surface area contributed by atoms with Gasteiger partial charge in [0.2, 0.25) is 0 Å². The predicted molar refractivity (Wildman–Crippen MR) is 85.4 cm³/mol. The molecule has 0 spiro atoms. The van der Waals surface area contributed by atoms with E-state index in [0.717, 1.165) is 27.8 Å². The zero-order chi connectivity index (χ0) is 15.5. The molecule has 2 N–H and O–H groups in total. The molecule has 0 radical (unpaired) electrons. The van der Waals surface area contributed by atoms with Crippen LogP contribution in [0.25, 0.3) is 10.9 Å². The summed E-state index contributed by atoms with van der Waals surface area (Å²) in [6.45, 7) is 0. The molecule has 0 aliphatic rings. The Morgan fingerprint density at radius 2 is 2.00 bits per heavy atom. The summed E-state index contributed by atoms with van der Waals surface area (Å²) in [6.07, 6.45) is 1.90. The first kappa shape index (κ1) is 14.2. The molecule has 2 aromatic carbocycles. The number of rotatable bonds is 5. The van der Waals surface area contributed by atoms with Crippen molar-refractivity contribution < 1.29 is 14.6 Å². The third-order valence-electron chi connectivity index (χ3n) is 3.87. The average Bonchev–Trinajstić information content (AvgIpc) is 3.01. The molecule has 22 heavy (non-hydrogen) atoms. The zero-order valence-electron chi connectivity index (χ0n) is 12.2. The Morgan fingerprint density at radius 1 is 1.23 bits per heavy atom. The zero-order valence-corrected chi connectivity index (χ0v) is 12.2. The van der Waals surface area contributed by atoms with E-state index >= 15 is 0 Å². The number of aromatic nitrogens is 1. The van der Waals surface area contributed by atoms with Crippen molar-refractivity contribution in [3.05, 3.63) is 65.9 Å². The van der Waals surface area contributed by atoms with Crippen molar-refractivity contribution in [1.29, 1.82) is 0 Å². The first-order chi connectivity index (χ1) is 10.7. The summed E-state index contributed by atoms with van der Waals surface area (Å²) < 4.78 is 5.36. The van der Waals surface area contributed by atoms with Crippen LogP contribution in [-0.2, 0) is 4.79 Å². The second-order valence-electron chi connectivity index (χ2n) is 5.22. The van der Waals surface area contributed by atoms with E-state index in [-0.39, 0.29) is 12.3 Å². The molecule has 1 heterocycles. The van der Waals surface area contributed by atoms with Crippen LogP contribution in [0.15, 0.2) is 54.7 Å². The molecule has 0 saturated heterocycles. The van der Waals surface area contributed by atoms with E-state index in [9.17, 15) is 9.90 Å². The number of hydrogen-bond donors (Lipinski definition) is 2. The van der Waals surface area contributed by atoms with Crippen LogP contribution in [0.4, 0.5) is 0 Å². The van der Waals surface area contributed by atoms with Crippen molar-refractivity contribution >= 4 is 16.9 Å². The van der Waals surface area contributed by atoms with Crippen LogP contribution in [0.1, 0.15) is 23.5 Å². The summed E-state index contributed by atoms with van der Waals surface area (Å²) in [5.41, 5.74) is 2.89. The third-order valence-corrected chi connectivity index (χ3v) is 3.87. The Morgan fingerprint density at radius 3 is 2.68 bits per heavy atom. The number of ether oxygens (including phenoxy) is 1. The van der Waals surface area contributed by atoms with Gasteiger partial charge >= 0.3 is 5.97 Å². The maximum absolute atomic E-state index is 11.3. The second-order valence-corrected chi connectivity index (χ2v) is 5.22. The Kier molecular flexibility index (Phi) is 3.83. The summed E-state index contributed by atoms with van der Waals surface area (Å²) in [5, 5.41) is 10.3. The lowest BCUT2D eigenvalue weighted by molar-refractivity contribution is -0.137. The van der Waals surface area contributed by atoms with Crippen molar-refractivity contribution in [2.24, 2.45) is 0 Å². The molecule has 0 saturated carbocycles. The number of aliphatic carboxylic acids is 1. The van der Waals surface area contributed by atoms with E-state index in [0.29, 0.717) is 0 Å². The van der Waals surface area contributed by atoms with E-state index in [1.165, 1.54) is 0 Å². The fourth-order valence-electron chi connectivity index (χ4n) is 2.84. The quantitative estimate of drug-likeness (QED) is 0.753. The topological polar surface area (TPSA) is 62.3 Å². The monoisotopic (exact) mass is 295 g/mol. The fraction of sp³-hybridized carbons (Fsp3) is 0.167. The molecule has 1 atom stereocenters. The Labute approximate surface area is 128 Å². The summed E-state index contributed by atoms with van der Waals surface area (Å²) in [5.74, 6) is -0.316. The lowest BCUT2D eigenvalue weighted by Crippen LogP contribution is -2.08. The van der Waals surface area contributed by atoms with Crippen molar-refractivity contribution in [3.8, 4) is 5.75 Å². The van der Waals surface area contributed by atoms with Gasteiger partial charge in [-0.1, -0.05) is 30.3 Å². The van der Waals surface area contributed by atoms with Gasteiger partial charge in [-0.25, -0.2) is 0 Å². The molecule has 0 aliphatic heterocycles. The molecule has 112 valence electrons. The largest absolute Gasteiger partial charge is 0.497 e. The lowest BCUT2D eigenvalue weighted by Gasteiger charge is -2.18. The molecule has 3 aromatic rings. The number of aromatic amines is 1. The molecule has 0 amide bonds. The van der Waals surface area contributed by atoms with Gasteiger partial charge in [-0.3, -0.25) is 4.79 Å². The lowest BCUT2D eigenvalue weighted by atomic mass is 9.86. The molecule has 1 unspecified atom stereocenters. The summed E-state index contributed by atoms with van der Waals surface area (Å²) in [7, 11) is 1.61. The minimum atomic E-state index is -0.819. The molecule has 3 rings (SSSR count). The number of carbonyl (C=O) groups is 1. The molecular weight excluding hydrogens is 278 g/mol. The van der Waals surface area contributed by atoms with Crippen LogP contribution in [0.5, 0.6) is 5.75 Å². The molecule has 4 heteroatoms. The minimum absolute atomic E-state index is 0.0391. The van der Waals surface area contributed by atoms with Crippen molar-refractivity contribution in [1.82, 2.24) is 4.98 Å². The van der Waals surface area contributed by atoms with Gasteiger partial charge in [0.1, 0.15) is 5.75 Å². The normalized spacial score (nSPS) is 12.2. The van der Waals surface area contributed by atoms with Crippen LogP contribution < -0.4 is 4.74 Å². The maximum Gasteiger partial charge on any atom is 0.304 e. The average molecular weight is 295 g/mol. The minimum Gasteiger partial charge on any atom is -0.497 e. The summed E-state index contributed by atoms with van der Waals surface area (Å²) in [6, 6.07) is 15.5. The number of carboxylic acids is 1. The van der Waals surface area contributed by atoms with Gasteiger partial charge in [0.05, 0.1) is 13.5 Å². The Bertz CT molecular complexity index is 792. The molecule has 0 fully saturated rings. The van der Waals surface area contributed by atoms with E-state index in [1.54, 1.807) is 7.11 Å². The number of H-pyrrole nitrogens is 1. The summed E-state index contributed by atoms with van der Waals surface area (Å²) in [4.78, 5) is 14.5. The van der Waals surface area contributed by atoms with Crippen LogP contribution in [-0.4, -0.2) is 23.2 Å². The number of carboxylic acid groups (broad SMARTS) is 1. The number of methoxy groups -OCH3 is 1. The Balaban J connectivity index is 2.19. The van der Waals surface area contributed by atoms with E-state index in [4.69, 9.17) is 4.74 Å². The number of benzene rings is 2. The number of hydrogen-bond acceptors (Lipinski definition) is 2. The highest BCUT2D eigenvalue weighted by Gasteiger charge is 2.21. The van der Waals surface area contributed by atoms with E-state index in [1.807, 2.05) is 54.7 Å². The smallest absolute Gasteiger partial charge is 0.304 e. The SMILES string of the molecule is COc1cc(C(CC(=O)O)c2ccccc2)c2cc[nH]c2c1. The van der Waals surface area contributed by atoms with Gasteiger partial charge in [-0.05, 0) is 23.3 Å². The highest BCUT2D eigenvalue weighted by molar-refractivity contribution is 5.86. The van der Waals surface area contributed by atoms with Crippen molar-refractivity contribution in [3.63, 3.8) is 0 Å². The van der Waals surface area contributed by atoms with Crippen LogP contribution in [0.3, 0.4) is 0 Å². The van der Waals surface area contributed by atoms with Crippen LogP contribution in [0.2, 0.25) is 0 Å². The first-order valence-electron chi connectivity index (χ1n) is 7.11. The summed E-state index contributed by atoms with van der Waals surface area (Å²) >= 11 is 0. The van der Waals surface area contributed by atoms with Gasteiger partial charge in [-0.2, -0.15) is 0 Å². The van der Waals surface area contributed by atoms with Gasteiger partial charge in [-0.15, -0.1) is 0 Å². The fourth-order valence-corrected chi connectivity index (χ4v) is 2.84. The van der Waals surface area contributed by atoms with Gasteiger partial charge in [0, 0.05) is 29.1 Å². The van der Waals surface area contributed by atoms with Gasteiger partial charge in [0.25, 0.3) is 0 Å². The first-order valence-corrected chi connectivity index (χ1v) is 7.11. The number of nitrogens with one attached hydrogen (secondary N) is 1. The van der Waals surface area contributed by atoms with E-state index < -0.39 is 5.97 Å². The van der Waals surface area contributed by atoms with E-state index in [2.05, 4.69) is 4.98 Å². The van der Waals surface area contributed by atoms with Crippen molar-refractivity contribution in [2.45, 2.75) is 12.3 Å². The van der Waals surface area contributed by atoms with Crippen LogP contribution >= 0.6 is 0 Å². The molecule has 0 bridgehead atoms. The standard InChI is InChI=1S/C18H17NO3/c1-22-13-9-16(14-7-8-19-17(14)10-13)15(11-18(20)21)12-5-3-2-4-6-12/h2-10,15,19H,11H2,1H3,(H,20,21). The Hall–Kier alpha value is -2.75. The maximum atomic E-state index is 11.3. The second kappa shape index (κ2) is 5.93. The molecule has 0 aliphatic carbocycles. The predicted octanol–water partition coefficient (Wildman–Crippen LogP) is 3.78. The van der Waals surface area contributed by atoms with Crippen LogP contribution in [0, 0.1) is 0 Å². The molecule has 1 aromatic heterocycles. The van der Waals surface area contributed by atoms with Gasteiger partial charge < -0.3 is 14.8 Å². The molecule has 4 nitrogen and oxygen atoms in total. The highest BCUT2D eigenvalue weighted by Crippen LogP contribution is 2.35. The molecular formula is C18H17NO3.